The van der Waals surface area contributed by atoms with Crippen LogP contribution in [0.15, 0.2) is 0 Å². The van der Waals surface area contributed by atoms with Crippen LogP contribution < -0.4 is 28.4 Å². The SMILES string of the molecule is CCOc1c(OCC)c(F)c2c(c1F)c1c(F)c(OCC)c(OCC)c(F)c1c1c(F)c(OCC)c(OCC)c(F)c21. The molecule has 0 aliphatic carbocycles. The van der Waals surface area contributed by atoms with E-state index in [0.717, 1.165) is 0 Å². The number of hydrogen-bond donors (Lipinski definition) is 0. The molecule has 4 aromatic rings. The van der Waals surface area contributed by atoms with E-state index in [4.69, 9.17) is 28.4 Å². The van der Waals surface area contributed by atoms with Gasteiger partial charge in [-0.25, -0.2) is 26.3 Å². The Kier molecular flexibility index (Phi) is 9.22. The molecule has 0 aliphatic rings. The number of ether oxygens (including phenoxy) is 6. The molecule has 42 heavy (non-hydrogen) atoms. The molecule has 0 bridgehead atoms. The van der Waals surface area contributed by atoms with Crippen LogP contribution in [0.25, 0.3) is 32.3 Å². The molecule has 228 valence electrons. The molecule has 0 unspecified atom stereocenters. The highest BCUT2D eigenvalue weighted by molar-refractivity contribution is 6.28. The average molecular weight is 601 g/mol. The third-order valence-electron chi connectivity index (χ3n) is 6.36. The molecular weight excluding hydrogens is 570 g/mol. The summed E-state index contributed by atoms with van der Waals surface area (Å²) in [5.41, 5.74) is 0. The third-order valence-corrected chi connectivity index (χ3v) is 6.36. The van der Waals surface area contributed by atoms with Crippen LogP contribution in [0.2, 0.25) is 0 Å². The van der Waals surface area contributed by atoms with Gasteiger partial charge >= 0.3 is 0 Å². The van der Waals surface area contributed by atoms with Crippen LogP contribution in [0.5, 0.6) is 34.5 Å². The predicted octanol–water partition coefficient (Wildman–Crippen LogP) is 8.37. The highest BCUT2D eigenvalue weighted by Crippen LogP contribution is 2.54. The number of rotatable bonds is 12. The first-order valence-corrected chi connectivity index (χ1v) is 13.6. The molecule has 0 N–H and O–H groups in total. The van der Waals surface area contributed by atoms with Crippen LogP contribution in [-0.2, 0) is 0 Å². The molecule has 0 radical (unpaired) electrons. The summed E-state index contributed by atoms with van der Waals surface area (Å²) in [6, 6.07) is 0. The summed E-state index contributed by atoms with van der Waals surface area (Å²) >= 11 is 0. The zero-order chi connectivity index (χ0) is 30.9. The summed E-state index contributed by atoms with van der Waals surface area (Å²) in [5.74, 6) is -12.9. The summed E-state index contributed by atoms with van der Waals surface area (Å²) in [6.45, 7) is 7.88. The van der Waals surface area contributed by atoms with Gasteiger partial charge in [0, 0.05) is 32.3 Å². The predicted molar refractivity (Wildman–Crippen MR) is 146 cm³/mol. The zero-order valence-electron chi connectivity index (χ0n) is 24.0. The van der Waals surface area contributed by atoms with Crippen molar-refractivity contribution < 1.29 is 54.8 Å². The Hall–Kier alpha value is -3.96. The first-order chi connectivity index (χ1) is 20.2. The van der Waals surface area contributed by atoms with E-state index in [1.54, 1.807) is 0 Å². The quantitative estimate of drug-likeness (QED) is 0.120. The molecule has 0 heterocycles. The van der Waals surface area contributed by atoms with Gasteiger partial charge in [-0.3, -0.25) is 0 Å². The molecule has 0 aliphatic heterocycles. The first kappa shape index (κ1) is 31.0. The molecule has 0 atom stereocenters. The van der Waals surface area contributed by atoms with E-state index >= 15 is 26.3 Å². The summed E-state index contributed by atoms with van der Waals surface area (Å²) in [6.07, 6.45) is 0. The summed E-state index contributed by atoms with van der Waals surface area (Å²) in [4.78, 5) is 0. The van der Waals surface area contributed by atoms with Crippen molar-refractivity contribution in [2.75, 3.05) is 39.6 Å². The normalized spacial score (nSPS) is 11.4. The van der Waals surface area contributed by atoms with E-state index in [1.807, 2.05) is 0 Å². The number of halogens is 6. The molecular formula is C30H30F6O6. The van der Waals surface area contributed by atoms with Crippen molar-refractivity contribution in [3.8, 4) is 34.5 Å². The van der Waals surface area contributed by atoms with Crippen LogP contribution >= 0.6 is 0 Å². The maximum Gasteiger partial charge on any atom is 0.200 e. The fraction of sp³-hybridized carbons (Fsp3) is 0.400. The third kappa shape index (κ3) is 4.60. The second-order valence-electron chi connectivity index (χ2n) is 8.71. The van der Waals surface area contributed by atoms with Gasteiger partial charge in [-0.2, -0.15) is 0 Å². The van der Waals surface area contributed by atoms with Gasteiger partial charge in [-0.1, -0.05) is 0 Å². The molecule has 0 aromatic heterocycles. The van der Waals surface area contributed by atoms with Gasteiger partial charge in [0.15, 0.2) is 34.9 Å². The van der Waals surface area contributed by atoms with E-state index in [1.165, 1.54) is 41.5 Å². The summed E-state index contributed by atoms with van der Waals surface area (Å²) in [5, 5.41) is -5.54. The monoisotopic (exact) mass is 600 g/mol. The van der Waals surface area contributed by atoms with Crippen LogP contribution in [0.1, 0.15) is 41.5 Å². The lowest BCUT2D eigenvalue weighted by molar-refractivity contribution is 0.265. The lowest BCUT2D eigenvalue weighted by Gasteiger charge is -2.23. The van der Waals surface area contributed by atoms with Crippen LogP contribution in [0.4, 0.5) is 26.3 Å². The minimum atomic E-state index is -1.39. The standard InChI is InChI=1S/C30H30F6O6/c1-7-37-25-19(31)13-14(20(32)26(25)38-8-2)16-18(24(36)30(42-12-6)28(22(16)34)40-10-4)17-15(13)21(33)27(39-9-3)29(23(17)35)41-11-5/h7-12H2,1-6H3. The largest absolute Gasteiger partial charge is 0.487 e. The van der Waals surface area contributed by atoms with E-state index in [9.17, 15) is 0 Å². The number of fused-ring (bicyclic) bond motifs is 6. The van der Waals surface area contributed by atoms with Gasteiger partial charge in [-0.05, 0) is 41.5 Å². The van der Waals surface area contributed by atoms with Gasteiger partial charge in [0.2, 0.25) is 34.5 Å². The molecule has 4 rings (SSSR count). The molecule has 0 saturated carbocycles. The van der Waals surface area contributed by atoms with Crippen LogP contribution in [0.3, 0.4) is 0 Å². The summed E-state index contributed by atoms with van der Waals surface area (Å²) < 4.78 is 131. The van der Waals surface area contributed by atoms with E-state index in [-0.39, 0.29) is 39.6 Å². The Bertz CT molecular complexity index is 1330. The molecule has 12 heteroatoms. The lowest BCUT2D eigenvalue weighted by atomic mass is 9.90. The van der Waals surface area contributed by atoms with E-state index in [2.05, 4.69) is 0 Å². The molecule has 0 fully saturated rings. The molecule has 0 spiro atoms. The Morgan fingerprint density at radius 3 is 0.500 bits per heavy atom. The fourth-order valence-electron chi connectivity index (χ4n) is 4.99. The van der Waals surface area contributed by atoms with Gasteiger partial charge in [0.1, 0.15) is 0 Å². The minimum Gasteiger partial charge on any atom is -0.487 e. The first-order valence-electron chi connectivity index (χ1n) is 13.6. The van der Waals surface area contributed by atoms with Crippen molar-refractivity contribution >= 4 is 32.3 Å². The molecule has 6 nitrogen and oxygen atoms in total. The Labute approximate surface area is 238 Å². The number of benzene rings is 4. The van der Waals surface area contributed by atoms with Gasteiger partial charge in [0.05, 0.1) is 39.6 Å². The lowest BCUT2D eigenvalue weighted by Crippen LogP contribution is -2.10. The van der Waals surface area contributed by atoms with Crippen molar-refractivity contribution in [3.05, 3.63) is 34.9 Å². The number of hydrogen-bond acceptors (Lipinski definition) is 6. The van der Waals surface area contributed by atoms with Gasteiger partial charge in [0.25, 0.3) is 0 Å². The Balaban J connectivity index is 2.53. The highest BCUT2D eigenvalue weighted by atomic mass is 19.2. The van der Waals surface area contributed by atoms with Gasteiger partial charge < -0.3 is 28.4 Å². The van der Waals surface area contributed by atoms with Crippen molar-refractivity contribution in [2.24, 2.45) is 0 Å². The average Bonchev–Trinajstić information content (AvgIpc) is 2.97. The highest BCUT2D eigenvalue weighted by Gasteiger charge is 2.36. The molecule has 0 amide bonds. The van der Waals surface area contributed by atoms with Crippen molar-refractivity contribution in [3.63, 3.8) is 0 Å². The van der Waals surface area contributed by atoms with E-state index < -0.39 is 102 Å². The van der Waals surface area contributed by atoms with Crippen molar-refractivity contribution in [1.82, 2.24) is 0 Å². The van der Waals surface area contributed by atoms with E-state index in [0.29, 0.717) is 0 Å². The molecule has 4 aromatic carbocycles. The zero-order valence-corrected chi connectivity index (χ0v) is 24.0. The summed E-state index contributed by atoms with van der Waals surface area (Å²) in [7, 11) is 0. The second-order valence-corrected chi connectivity index (χ2v) is 8.71. The smallest absolute Gasteiger partial charge is 0.200 e. The maximum atomic E-state index is 16.4. The fourth-order valence-corrected chi connectivity index (χ4v) is 4.99. The van der Waals surface area contributed by atoms with Crippen molar-refractivity contribution in [1.29, 1.82) is 0 Å². The Morgan fingerprint density at radius 1 is 0.286 bits per heavy atom. The van der Waals surface area contributed by atoms with Crippen LogP contribution in [0, 0.1) is 34.9 Å². The van der Waals surface area contributed by atoms with Crippen LogP contribution in [-0.4, -0.2) is 39.6 Å². The van der Waals surface area contributed by atoms with Gasteiger partial charge in [-0.15, -0.1) is 0 Å². The molecule has 0 saturated heterocycles. The Morgan fingerprint density at radius 2 is 0.405 bits per heavy atom. The minimum absolute atomic E-state index is 0.168. The maximum absolute atomic E-state index is 16.4. The topological polar surface area (TPSA) is 55.4 Å². The van der Waals surface area contributed by atoms with Crippen molar-refractivity contribution in [2.45, 2.75) is 41.5 Å². The second kappa shape index (κ2) is 12.5.